The fourth-order valence-electron chi connectivity index (χ4n) is 1.65. The van der Waals surface area contributed by atoms with Gasteiger partial charge in [0.05, 0.1) is 12.0 Å². The molecule has 0 saturated carbocycles. The second kappa shape index (κ2) is 7.68. The fourth-order valence-corrected chi connectivity index (χ4v) is 3.30. The highest BCUT2D eigenvalue weighted by Crippen LogP contribution is 2.20. The van der Waals surface area contributed by atoms with Gasteiger partial charge in [0.1, 0.15) is 6.61 Å². The molecule has 108 valence electrons. The molecule has 0 aromatic heterocycles. The van der Waals surface area contributed by atoms with Crippen LogP contribution >= 0.6 is 0 Å². The van der Waals surface area contributed by atoms with Crippen molar-refractivity contribution in [3.8, 4) is 11.8 Å². The number of hydrogen-bond donors (Lipinski definition) is 1. The molecule has 1 unspecified atom stereocenters. The minimum atomic E-state index is -3.80. The Hall–Kier alpha value is -1.84. The highest BCUT2D eigenvalue weighted by molar-refractivity contribution is 7.92. The molecule has 0 aliphatic carbocycles. The quantitative estimate of drug-likeness (QED) is 0.641. The number of esters is 1. The maximum absolute atomic E-state index is 12.4. The molecule has 0 amide bonds. The van der Waals surface area contributed by atoms with Crippen LogP contribution in [0.3, 0.4) is 0 Å². The molecule has 0 radical (unpaired) electrons. The number of carbonyl (C=O) groups excluding carboxylic acids is 1. The van der Waals surface area contributed by atoms with E-state index in [1.807, 2.05) is 0 Å². The number of carbonyl (C=O) groups is 1. The van der Waals surface area contributed by atoms with E-state index in [0.717, 1.165) is 7.11 Å². The Morgan fingerprint density at radius 2 is 1.95 bits per heavy atom. The van der Waals surface area contributed by atoms with Crippen molar-refractivity contribution in [2.75, 3.05) is 13.7 Å². The first-order valence-corrected chi connectivity index (χ1v) is 7.52. The van der Waals surface area contributed by atoms with E-state index in [1.54, 1.807) is 18.2 Å². The summed E-state index contributed by atoms with van der Waals surface area (Å²) in [7, 11) is -2.66. The first-order chi connectivity index (χ1) is 9.54. The summed E-state index contributed by atoms with van der Waals surface area (Å²) in [4.78, 5) is 11.8. The SMILES string of the molecule is COC(=O)C(CCC#CCO)S(=O)(=O)c1ccccc1. The Balaban J connectivity index is 3.01. The molecular formula is C14H16O5S. The summed E-state index contributed by atoms with van der Waals surface area (Å²) in [6.45, 7) is -0.297. The molecule has 1 rings (SSSR count). The average molecular weight is 296 g/mol. The number of aliphatic hydroxyl groups excluding tert-OH is 1. The highest BCUT2D eigenvalue weighted by Gasteiger charge is 2.34. The molecule has 0 aliphatic rings. The Kier molecular flexibility index (Phi) is 6.22. The molecule has 5 nitrogen and oxygen atoms in total. The first-order valence-electron chi connectivity index (χ1n) is 5.97. The summed E-state index contributed by atoms with van der Waals surface area (Å²) in [6, 6.07) is 7.74. The monoisotopic (exact) mass is 296 g/mol. The van der Waals surface area contributed by atoms with Gasteiger partial charge in [0.2, 0.25) is 0 Å². The zero-order valence-corrected chi connectivity index (χ0v) is 11.9. The van der Waals surface area contributed by atoms with E-state index < -0.39 is 21.1 Å². The predicted molar refractivity (Wildman–Crippen MR) is 73.5 cm³/mol. The van der Waals surface area contributed by atoms with E-state index in [-0.39, 0.29) is 24.3 Å². The van der Waals surface area contributed by atoms with E-state index in [0.29, 0.717) is 0 Å². The van der Waals surface area contributed by atoms with Gasteiger partial charge in [-0.05, 0) is 18.6 Å². The van der Waals surface area contributed by atoms with E-state index in [2.05, 4.69) is 16.6 Å². The van der Waals surface area contributed by atoms with Gasteiger partial charge in [0.25, 0.3) is 0 Å². The lowest BCUT2D eigenvalue weighted by atomic mass is 10.2. The third kappa shape index (κ3) is 4.08. The van der Waals surface area contributed by atoms with Gasteiger partial charge in [-0.25, -0.2) is 8.42 Å². The molecule has 0 heterocycles. The van der Waals surface area contributed by atoms with Crippen molar-refractivity contribution in [3.05, 3.63) is 30.3 Å². The van der Waals surface area contributed by atoms with Crippen LogP contribution in [0.4, 0.5) is 0 Å². The van der Waals surface area contributed by atoms with Crippen molar-refractivity contribution < 1.29 is 23.1 Å². The number of ether oxygens (including phenoxy) is 1. The number of rotatable bonds is 5. The summed E-state index contributed by atoms with van der Waals surface area (Å²) in [5.41, 5.74) is 0. The van der Waals surface area contributed by atoms with Crippen molar-refractivity contribution in [2.45, 2.75) is 23.0 Å². The van der Waals surface area contributed by atoms with Crippen LogP contribution in [0.2, 0.25) is 0 Å². The second-order valence-electron chi connectivity index (χ2n) is 3.92. The zero-order valence-electron chi connectivity index (χ0n) is 11.1. The van der Waals surface area contributed by atoms with Crippen molar-refractivity contribution >= 4 is 15.8 Å². The number of sulfone groups is 1. The number of benzene rings is 1. The molecule has 0 spiro atoms. The molecule has 1 N–H and O–H groups in total. The Labute approximate surface area is 118 Å². The van der Waals surface area contributed by atoms with Crippen LogP contribution in [-0.4, -0.2) is 38.5 Å². The summed E-state index contributed by atoms with van der Waals surface area (Å²) in [5.74, 6) is 4.20. The van der Waals surface area contributed by atoms with Crippen molar-refractivity contribution in [1.82, 2.24) is 0 Å². The fraction of sp³-hybridized carbons (Fsp3) is 0.357. The maximum atomic E-state index is 12.4. The van der Waals surface area contributed by atoms with E-state index in [4.69, 9.17) is 5.11 Å². The van der Waals surface area contributed by atoms with Gasteiger partial charge in [-0.3, -0.25) is 4.79 Å². The van der Waals surface area contributed by atoms with Crippen LogP contribution in [0.25, 0.3) is 0 Å². The van der Waals surface area contributed by atoms with Gasteiger partial charge < -0.3 is 9.84 Å². The Morgan fingerprint density at radius 1 is 1.30 bits per heavy atom. The zero-order chi connectivity index (χ0) is 15.0. The minimum absolute atomic E-state index is 0.0247. The van der Waals surface area contributed by atoms with Crippen LogP contribution in [0, 0.1) is 11.8 Å². The third-order valence-electron chi connectivity index (χ3n) is 2.65. The molecule has 0 bridgehead atoms. The number of aliphatic hydroxyl groups is 1. The Bertz CT molecular complexity index is 595. The van der Waals surface area contributed by atoms with Crippen LogP contribution in [0.1, 0.15) is 12.8 Å². The summed E-state index contributed by atoms with van der Waals surface area (Å²) in [6.07, 6.45) is 0.212. The van der Waals surface area contributed by atoms with Crippen molar-refractivity contribution in [3.63, 3.8) is 0 Å². The smallest absolute Gasteiger partial charge is 0.324 e. The lowest BCUT2D eigenvalue weighted by molar-refractivity contribution is -0.140. The molecule has 1 aromatic carbocycles. The standard InChI is InChI=1S/C14H16O5S/c1-19-14(16)13(10-6-3-7-11-15)20(17,18)12-8-4-2-5-9-12/h2,4-5,8-9,13,15H,6,10-11H2,1H3. The highest BCUT2D eigenvalue weighted by atomic mass is 32.2. The maximum Gasteiger partial charge on any atom is 0.324 e. The van der Waals surface area contributed by atoms with Gasteiger partial charge in [-0.15, -0.1) is 5.92 Å². The van der Waals surface area contributed by atoms with Crippen LogP contribution in [0.15, 0.2) is 35.2 Å². The lowest BCUT2D eigenvalue weighted by Crippen LogP contribution is -2.31. The summed E-state index contributed by atoms with van der Waals surface area (Å²) in [5, 5.41) is 7.25. The third-order valence-corrected chi connectivity index (χ3v) is 4.75. The average Bonchev–Trinajstić information content (AvgIpc) is 2.47. The van der Waals surface area contributed by atoms with Crippen molar-refractivity contribution in [1.29, 1.82) is 0 Å². The summed E-state index contributed by atoms with van der Waals surface area (Å²) >= 11 is 0. The van der Waals surface area contributed by atoms with E-state index >= 15 is 0 Å². The topological polar surface area (TPSA) is 80.7 Å². The Morgan fingerprint density at radius 3 is 2.50 bits per heavy atom. The predicted octanol–water partition coefficient (Wildman–Crippen LogP) is 0.778. The van der Waals surface area contributed by atoms with Gasteiger partial charge >= 0.3 is 5.97 Å². The van der Waals surface area contributed by atoms with Crippen LogP contribution in [-0.2, 0) is 19.4 Å². The molecule has 0 aliphatic heterocycles. The van der Waals surface area contributed by atoms with Gasteiger partial charge in [0, 0.05) is 6.42 Å². The van der Waals surface area contributed by atoms with Crippen molar-refractivity contribution in [2.24, 2.45) is 0 Å². The molecule has 0 saturated heterocycles. The lowest BCUT2D eigenvalue weighted by Gasteiger charge is -2.14. The molecule has 20 heavy (non-hydrogen) atoms. The van der Waals surface area contributed by atoms with E-state index in [9.17, 15) is 13.2 Å². The van der Waals surface area contributed by atoms with Gasteiger partial charge in [-0.2, -0.15) is 0 Å². The molecular weight excluding hydrogens is 280 g/mol. The second-order valence-corrected chi connectivity index (χ2v) is 6.05. The normalized spacial score (nSPS) is 12.1. The number of methoxy groups -OCH3 is 1. The van der Waals surface area contributed by atoms with Crippen LogP contribution in [0.5, 0.6) is 0 Å². The molecule has 6 heteroatoms. The molecule has 1 atom stereocenters. The van der Waals surface area contributed by atoms with Crippen LogP contribution < -0.4 is 0 Å². The number of hydrogen-bond acceptors (Lipinski definition) is 5. The van der Waals surface area contributed by atoms with Gasteiger partial charge in [0.15, 0.2) is 15.1 Å². The molecule has 0 fully saturated rings. The largest absolute Gasteiger partial charge is 0.468 e. The molecule has 1 aromatic rings. The summed E-state index contributed by atoms with van der Waals surface area (Å²) < 4.78 is 29.4. The van der Waals surface area contributed by atoms with E-state index in [1.165, 1.54) is 12.1 Å². The minimum Gasteiger partial charge on any atom is -0.468 e. The first kappa shape index (κ1) is 16.2. The van der Waals surface area contributed by atoms with Gasteiger partial charge in [-0.1, -0.05) is 24.1 Å².